The van der Waals surface area contributed by atoms with Gasteiger partial charge in [-0.25, -0.2) is 4.98 Å². The summed E-state index contributed by atoms with van der Waals surface area (Å²) in [5.74, 6) is 0.785. The van der Waals surface area contributed by atoms with Gasteiger partial charge in [0.05, 0.1) is 5.25 Å². The first kappa shape index (κ1) is 18.1. The normalized spacial score (nSPS) is 14.7. The molecule has 2 aromatic carbocycles. The number of hydrogen-bond acceptors (Lipinski definition) is 4. The third-order valence-electron chi connectivity index (χ3n) is 4.65. The highest BCUT2D eigenvalue weighted by Gasteiger charge is 2.26. The van der Waals surface area contributed by atoms with Crippen LogP contribution in [0.1, 0.15) is 18.1 Å². The number of fused-ring (bicyclic) bond motifs is 1. The van der Waals surface area contributed by atoms with Crippen molar-refractivity contribution in [2.75, 3.05) is 6.54 Å². The number of benzene rings is 2. The van der Waals surface area contributed by atoms with Gasteiger partial charge in [-0.1, -0.05) is 47.6 Å². The lowest BCUT2D eigenvalue weighted by atomic mass is 10.00. The molecule has 0 fully saturated rings. The Kier molecular flexibility index (Phi) is 5.18. The topological polar surface area (TPSA) is 61.9 Å². The third-order valence-corrected chi connectivity index (χ3v) is 5.86. The SMILES string of the molecule is CC(Sc1n[nH]c(-c2ccc(Cl)cc2)n1)C(=O)N1CCc2ccccc2C1. The van der Waals surface area contributed by atoms with Gasteiger partial charge in [-0.2, -0.15) is 0 Å². The molecule has 1 aliphatic heterocycles. The maximum absolute atomic E-state index is 12.9. The second kappa shape index (κ2) is 7.74. The van der Waals surface area contributed by atoms with Crippen LogP contribution >= 0.6 is 23.4 Å². The van der Waals surface area contributed by atoms with Crippen LogP contribution in [0.2, 0.25) is 5.02 Å². The third kappa shape index (κ3) is 4.01. The molecule has 4 rings (SSSR count). The summed E-state index contributed by atoms with van der Waals surface area (Å²) in [6.07, 6.45) is 0.903. The molecule has 0 saturated carbocycles. The lowest BCUT2D eigenvalue weighted by Gasteiger charge is -2.30. The van der Waals surface area contributed by atoms with E-state index in [-0.39, 0.29) is 11.2 Å². The number of halogens is 1. The van der Waals surface area contributed by atoms with Crippen molar-refractivity contribution in [1.82, 2.24) is 20.1 Å². The molecule has 27 heavy (non-hydrogen) atoms. The van der Waals surface area contributed by atoms with Gasteiger partial charge in [0.1, 0.15) is 0 Å². The van der Waals surface area contributed by atoms with E-state index in [4.69, 9.17) is 11.6 Å². The van der Waals surface area contributed by atoms with E-state index in [1.165, 1.54) is 22.9 Å². The molecule has 1 aliphatic rings. The summed E-state index contributed by atoms with van der Waals surface area (Å²) in [4.78, 5) is 19.3. The van der Waals surface area contributed by atoms with Crippen LogP contribution in [0.3, 0.4) is 0 Å². The van der Waals surface area contributed by atoms with Crippen molar-refractivity contribution in [3.05, 3.63) is 64.7 Å². The molecule has 0 bridgehead atoms. The molecular formula is C20H19ClN4OS. The number of carbonyl (C=O) groups excluding carboxylic acids is 1. The highest BCUT2D eigenvalue weighted by molar-refractivity contribution is 8.00. The van der Waals surface area contributed by atoms with Crippen LogP contribution in [0.25, 0.3) is 11.4 Å². The van der Waals surface area contributed by atoms with E-state index in [9.17, 15) is 4.79 Å². The second-order valence-electron chi connectivity index (χ2n) is 6.51. The van der Waals surface area contributed by atoms with Crippen molar-refractivity contribution in [1.29, 1.82) is 0 Å². The Balaban J connectivity index is 1.41. The van der Waals surface area contributed by atoms with Crippen molar-refractivity contribution >= 4 is 29.3 Å². The van der Waals surface area contributed by atoms with Crippen LogP contribution in [0.5, 0.6) is 0 Å². The van der Waals surface area contributed by atoms with E-state index >= 15 is 0 Å². The average Bonchev–Trinajstić information content (AvgIpc) is 3.16. The molecule has 5 nitrogen and oxygen atoms in total. The van der Waals surface area contributed by atoms with Gasteiger partial charge in [-0.05, 0) is 48.7 Å². The predicted octanol–water partition coefficient (Wildman–Crippen LogP) is 4.19. The van der Waals surface area contributed by atoms with Crippen molar-refractivity contribution in [3.8, 4) is 11.4 Å². The Labute approximate surface area is 167 Å². The van der Waals surface area contributed by atoms with Crippen LogP contribution in [0.4, 0.5) is 0 Å². The monoisotopic (exact) mass is 398 g/mol. The molecule has 0 radical (unpaired) electrons. The van der Waals surface area contributed by atoms with E-state index in [0.29, 0.717) is 22.5 Å². The summed E-state index contributed by atoms with van der Waals surface area (Å²) in [5.41, 5.74) is 3.48. The Hall–Kier alpha value is -2.31. The number of H-pyrrole nitrogens is 1. The molecule has 138 valence electrons. The number of aromatic nitrogens is 3. The Morgan fingerprint density at radius 2 is 1.93 bits per heavy atom. The Morgan fingerprint density at radius 3 is 2.70 bits per heavy atom. The first-order valence-corrected chi connectivity index (χ1v) is 10.1. The zero-order chi connectivity index (χ0) is 18.8. The number of carbonyl (C=O) groups is 1. The zero-order valence-corrected chi connectivity index (χ0v) is 16.4. The van der Waals surface area contributed by atoms with E-state index in [0.717, 1.165) is 18.5 Å². The van der Waals surface area contributed by atoms with Gasteiger partial charge in [0.15, 0.2) is 5.82 Å². The molecule has 7 heteroatoms. The summed E-state index contributed by atoms with van der Waals surface area (Å²) in [7, 11) is 0. The molecule has 3 aromatic rings. The summed E-state index contributed by atoms with van der Waals surface area (Å²) >= 11 is 7.30. The molecule has 1 aromatic heterocycles. The molecule has 0 spiro atoms. The first-order valence-electron chi connectivity index (χ1n) is 8.81. The van der Waals surface area contributed by atoms with Crippen molar-refractivity contribution in [3.63, 3.8) is 0 Å². The van der Waals surface area contributed by atoms with Crippen molar-refractivity contribution in [2.24, 2.45) is 0 Å². The second-order valence-corrected chi connectivity index (χ2v) is 8.26. The fourth-order valence-electron chi connectivity index (χ4n) is 3.19. The Bertz CT molecular complexity index is 957. The average molecular weight is 399 g/mol. The van der Waals surface area contributed by atoms with Gasteiger partial charge in [-0.15, -0.1) is 5.10 Å². The molecule has 1 amide bonds. The van der Waals surface area contributed by atoms with E-state index < -0.39 is 0 Å². The summed E-state index contributed by atoms with van der Waals surface area (Å²) in [5, 5.41) is 8.17. The van der Waals surface area contributed by atoms with E-state index in [1.54, 1.807) is 0 Å². The molecule has 2 heterocycles. The van der Waals surface area contributed by atoms with Crippen LogP contribution < -0.4 is 0 Å². The van der Waals surface area contributed by atoms with Crippen LogP contribution in [0, 0.1) is 0 Å². The first-order chi connectivity index (χ1) is 13.1. The molecule has 1 unspecified atom stereocenters. The molecule has 1 atom stereocenters. The zero-order valence-electron chi connectivity index (χ0n) is 14.9. The van der Waals surface area contributed by atoms with Gasteiger partial charge >= 0.3 is 0 Å². The number of hydrogen-bond donors (Lipinski definition) is 1. The fourth-order valence-corrected chi connectivity index (χ4v) is 4.12. The molecule has 0 aliphatic carbocycles. The fraction of sp³-hybridized carbons (Fsp3) is 0.250. The lowest BCUT2D eigenvalue weighted by Crippen LogP contribution is -2.40. The smallest absolute Gasteiger partial charge is 0.236 e. The number of thioether (sulfide) groups is 1. The highest BCUT2D eigenvalue weighted by atomic mass is 35.5. The number of nitrogens with zero attached hydrogens (tertiary/aromatic N) is 3. The van der Waals surface area contributed by atoms with Gasteiger partial charge in [0, 0.05) is 23.7 Å². The molecule has 0 saturated heterocycles. The predicted molar refractivity (Wildman–Crippen MR) is 108 cm³/mol. The summed E-state index contributed by atoms with van der Waals surface area (Å²) < 4.78 is 0. The minimum atomic E-state index is -0.246. The summed E-state index contributed by atoms with van der Waals surface area (Å²) in [6.45, 7) is 3.33. The van der Waals surface area contributed by atoms with Gasteiger partial charge in [0.25, 0.3) is 0 Å². The van der Waals surface area contributed by atoms with E-state index in [2.05, 4.69) is 33.4 Å². The van der Waals surface area contributed by atoms with Crippen LogP contribution in [-0.4, -0.2) is 37.8 Å². The number of rotatable bonds is 4. The maximum Gasteiger partial charge on any atom is 0.236 e. The largest absolute Gasteiger partial charge is 0.337 e. The van der Waals surface area contributed by atoms with Crippen LogP contribution in [-0.2, 0) is 17.8 Å². The van der Waals surface area contributed by atoms with Crippen LogP contribution in [0.15, 0.2) is 53.7 Å². The molecular weight excluding hydrogens is 380 g/mol. The van der Waals surface area contributed by atoms with Gasteiger partial charge < -0.3 is 4.90 Å². The lowest BCUT2D eigenvalue weighted by molar-refractivity contribution is -0.131. The minimum absolute atomic E-state index is 0.118. The number of aromatic amines is 1. The highest BCUT2D eigenvalue weighted by Crippen LogP contribution is 2.26. The van der Waals surface area contributed by atoms with Crippen molar-refractivity contribution in [2.45, 2.75) is 30.3 Å². The quantitative estimate of drug-likeness (QED) is 0.669. The minimum Gasteiger partial charge on any atom is -0.337 e. The maximum atomic E-state index is 12.9. The van der Waals surface area contributed by atoms with Crippen molar-refractivity contribution < 1.29 is 4.79 Å². The van der Waals surface area contributed by atoms with E-state index in [1.807, 2.05) is 42.2 Å². The molecule has 1 N–H and O–H groups in total. The Morgan fingerprint density at radius 1 is 1.19 bits per heavy atom. The van der Waals surface area contributed by atoms with Gasteiger partial charge in [0.2, 0.25) is 11.1 Å². The number of nitrogens with one attached hydrogen (secondary N) is 1. The standard InChI is InChI=1S/C20H19ClN4OS/c1-13(19(26)25-11-10-14-4-2-3-5-16(14)12-25)27-20-22-18(23-24-20)15-6-8-17(21)9-7-15/h2-9,13H,10-12H2,1H3,(H,22,23,24). The van der Waals surface area contributed by atoms with Gasteiger partial charge in [-0.3, -0.25) is 9.89 Å². The number of amides is 1. The summed E-state index contributed by atoms with van der Waals surface area (Å²) in [6, 6.07) is 15.7.